The molecule has 0 unspecified atom stereocenters. The summed E-state index contributed by atoms with van der Waals surface area (Å²) >= 11 is 0. The first-order valence-corrected chi connectivity index (χ1v) is 6.90. The van der Waals surface area contributed by atoms with Crippen molar-refractivity contribution in [3.8, 4) is 0 Å². The number of fused-ring (bicyclic) bond motifs is 2. The molecule has 0 radical (unpaired) electrons. The van der Waals surface area contributed by atoms with E-state index >= 15 is 0 Å². The Morgan fingerprint density at radius 2 is 1.95 bits per heavy atom. The highest BCUT2D eigenvalue weighted by Crippen LogP contribution is 2.59. The normalized spacial score (nSPS) is 40.8. The van der Waals surface area contributed by atoms with Crippen LogP contribution in [0.1, 0.15) is 40.0 Å². The molecule has 104 valence electrons. The molecule has 0 spiro atoms. The molecule has 0 bridgehead atoms. The van der Waals surface area contributed by atoms with Crippen LogP contribution in [0.2, 0.25) is 0 Å². The summed E-state index contributed by atoms with van der Waals surface area (Å²) < 4.78 is 5.08. The Labute approximate surface area is 112 Å². The summed E-state index contributed by atoms with van der Waals surface area (Å²) in [4.78, 5) is 24.3. The monoisotopic (exact) mass is 264 g/mol. The number of aliphatic hydroxyl groups is 1. The van der Waals surface area contributed by atoms with Gasteiger partial charge in [-0.3, -0.25) is 4.79 Å². The molecule has 0 amide bonds. The SMILES string of the molecule is CC1(C)[C@H](O)CC[C@]2(C)C3=C(COC3=O)C(=O)C[C@H]12. The fraction of sp³-hybridized carbons (Fsp3) is 0.733. The number of hydrogen-bond donors (Lipinski definition) is 1. The van der Waals surface area contributed by atoms with Crippen molar-refractivity contribution in [2.75, 3.05) is 6.61 Å². The van der Waals surface area contributed by atoms with Crippen LogP contribution < -0.4 is 0 Å². The maximum atomic E-state index is 12.2. The van der Waals surface area contributed by atoms with Crippen LogP contribution in [0.4, 0.5) is 0 Å². The number of carbonyl (C=O) groups is 2. The first-order valence-electron chi connectivity index (χ1n) is 6.90. The second kappa shape index (κ2) is 3.69. The average molecular weight is 264 g/mol. The molecule has 0 aromatic carbocycles. The van der Waals surface area contributed by atoms with Gasteiger partial charge in [0.2, 0.25) is 0 Å². The lowest BCUT2D eigenvalue weighted by molar-refractivity contribution is -0.141. The van der Waals surface area contributed by atoms with Gasteiger partial charge < -0.3 is 9.84 Å². The summed E-state index contributed by atoms with van der Waals surface area (Å²) in [6, 6.07) is 0. The van der Waals surface area contributed by atoms with E-state index in [1.54, 1.807) is 0 Å². The number of ketones is 1. The highest BCUT2D eigenvalue weighted by Gasteiger charge is 2.59. The van der Waals surface area contributed by atoms with Crippen LogP contribution in [0.3, 0.4) is 0 Å². The summed E-state index contributed by atoms with van der Waals surface area (Å²) in [7, 11) is 0. The van der Waals surface area contributed by atoms with E-state index < -0.39 is 6.10 Å². The van der Waals surface area contributed by atoms with E-state index in [1.165, 1.54) is 0 Å². The molecule has 1 aliphatic heterocycles. The van der Waals surface area contributed by atoms with Gasteiger partial charge in [0.15, 0.2) is 5.78 Å². The van der Waals surface area contributed by atoms with E-state index in [0.717, 1.165) is 6.42 Å². The molecular formula is C15H20O4. The molecular weight excluding hydrogens is 244 g/mol. The van der Waals surface area contributed by atoms with E-state index in [4.69, 9.17) is 4.74 Å². The second-order valence-corrected chi connectivity index (χ2v) is 6.90. The zero-order chi connectivity index (χ0) is 14.0. The molecule has 1 heterocycles. The molecule has 4 nitrogen and oxygen atoms in total. The number of Topliss-reactive ketones (excluding diaryl/α,β-unsaturated/α-hetero) is 1. The lowest BCUT2D eigenvalue weighted by Crippen LogP contribution is -2.53. The van der Waals surface area contributed by atoms with E-state index in [1.807, 2.05) is 13.8 Å². The van der Waals surface area contributed by atoms with Gasteiger partial charge in [0.1, 0.15) is 6.61 Å². The Kier molecular flexibility index (Phi) is 2.50. The van der Waals surface area contributed by atoms with Gasteiger partial charge in [-0.15, -0.1) is 0 Å². The Balaban J connectivity index is 2.15. The third-order valence-corrected chi connectivity index (χ3v) is 5.61. The van der Waals surface area contributed by atoms with Gasteiger partial charge in [0.05, 0.1) is 11.7 Å². The molecule has 0 aromatic rings. The van der Waals surface area contributed by atoms with Crippen LogP contribution in [0.15, 0.2) is 11.1 Å². The van der Waals surface area contributed by atoms with E-state index in [2.05, 4.69) is 6.92 Å². The number of hydrogen-bond acceptors (Lipinski definition) is 4. The number of ether oxygens (including phenoxy) is 1. The van der Waals surface area contributed by atoms with E-state index in [-0.39, 0.29) is 35.1 Å². The van der Waals surface area contributed by atoms with E-state index in [9.17, 15) is 14.7 Å². The lowest BCUT2D eigenvalue weighted by atomic mass is 9.49. The maximum Gasteiger partial charge on any atom is 0.335 e. The van der Waals surface area contributed by atoms with Crippen LogP contribution in [0, 0.1) is 16.7 Å². The largest absolute Gasteiger partial charge is 0.457 e. The van der Waals surface area contributed by atoms with Crippen LogP contribution >= 0.6 is 0 Å². The molecule has 3 atom stereocenters. The average Bonchev–Trinajstić information content (AvgIpc) is 2.73. The zero-order valence-corrected chi connectivity index (χ0v) is 11.7. The van der Waals surface area contributed by atoms with Crippen molar-refractivity contribution in [3.63, 3.8) is 0 Å². The Morgan fingerprint density at radius 1 is 1.26 bits per heavy atom. The molecule has 0 saturated heterocycles. The van der Waals surface area contributed by atoms with Crippen LogP contribution in [0.5, 0.6) is 0 Å². The quantitative estimate of drug-likeness (QED) is 0.675. The predicted octanol–water partition coefficient (Wildman–Crippen LogP) is 1.62. The van der Waals surface area contributed by atoms with Crippen molar-refractivity contribution in [3.05, 3.63) is 11.1 Å². The summed E-state index contributed by atoms with van der Waals surface area (Å²) in [6.45, 7) is 6.19. The minimum absolute atomic E-state index is 0.000602. The lowest BCUT2D eigenvalue weighted by Gasteiger charge is -2.54. The first-order chi connectivity index (χ1) is 8.78. The maximum absolute atomic E-state index is 12.2. The molecule has 2 aliphatic carbocycles. The molecule has 3 aliphatic rings. The fourth-order valence-electron chi connectivity index (χ4n) is 4.34. The van der Waals surface area contributed by atoms with E-state index in [0.29, 0.717) is 24.0 Å². The summed E-state index contributed by atoms with van der Waals surface area (Å²) in [5, 5.41) is 10.2. The Hall–Kier alpha value is -1.16. The van der Waals surface area contributed by atoms with Crippen LogP contribution in [0.25, 0.3) is 0 Å². The fourth-order valence-corrected chi connectivity index (χ4v) is 4.34. The molecule has 1 saturated carbocycles. The number of rotatable bonds is 0. The van der Waals surface area contributed by atoms with Gasteiger partial charge in [-0.25, -0.2) is 4.79 Å². The Bertz CT molecular complexity index is 502. The minimum Gasteiger partial charge on any atom is -0.457 e. The number of esters is 1. The van der Waals surface area contributed by atoms with Gasteiger partial charge in [-0.05, 0) is 24.2 Å². The third kappa shape index (κ3) is 1.49. The Morgan fingerprint density at radius 3 is 2.63 bits per heavy atom. The topological polar surface area (TPSA) is 63.6 Å². The van der Waals surface area contributed by atoms with Crippen molar-refractivity contribution >= 4 is 11.8 Å². The molecule has 3 rings (SSSR count). The number of cyclic esters (lactones) is 1. The van der Waals surface area contributed by atoms with Crippen molar-refractivity contribution in [1.29, 1.82) is 0 Å². The van der Waals surface area contributed by atoms with Crippen LogP contribution in [-0.4, -0.2) is 29.6 Å². The second-order valence-electron chi connectivity index (χ2n) is 6.90. The van der Waals surface area contributed by atoms with Crippen molar-refractivity contribution in [2.45, 2.75) is 46.1 Å². The standard InChI is InChI=1S/C15H20O4/c1-14(2)10-6-9(16)8-7-19-13(18)12(8)15(10,3)5-4-11(14)17/h10-11,17H,4-7H2,1-3H3/t10-,11-,15+/m1/s1. The number of carbonyl (C=O) groups excluding carboxylic acids is 2. The van der Waals surface area contributed by atoms with Crippen molar-refractivity contribution in [2.24, 2.45) is 16.7 Å². The predicted molar refractivity (Wildman–Crippen MR) is 68.2 cm³/mol. The van der Waals surface area contributed by atoms with Gasteiger partial charge in [-0.2, -0.15) is 0 Å². The van der Waals surface area contributed by atoms with Gasteiger partial charge in [-0.1, -0.05) is 20.8 Å². The van der Waals surface area contributed by atoms with Crippen molar-refractivity contribution in [1.82, 2.24) is 0 Å². The number of aliphatic hydroxyl groups excluding tert-OH is 1. The van der Waals surface area contributed by atoms with Gasteiger partial charge >= 0.3 is 5.97 Å². The summed E-state index contributed by atoms with van der Waals surface area (Å²) in [5.41, 5.74) is 0.480. The summed E-state index contributed by atoms with van der Waals surface area (Å²) in [5.74, 6) is -0.311. The highest BCUT2D eigenvalue weighted by molar-refractivity contribution is 6.09. The third-order valence-electron chi connectivity index (χ3n) is 5.61. The molecule has 1 N–H and O–H groups in total. The zero-order valence-electron chi connectivity index (χ0n) is 11.7. The summed E-state index contributed by atoms with van der Waals surface area (Å²) in [6.07, 6.45) is 1.40. The minimum atomic E-state index is -0.419. The molecule has 19 heavy (non-hydrogen) atoms. The highest BCUT2D eigenvalue weighted by atomic mass is 16.5. The smallest absolute Gasteiger partial charge is 0.335 e. The molecule has 1 fully saturated rings. The molecule has 0 aromatic heterocycles. The van der Waals surface area contributed by atoms with Gasteiger partial charge in [0, 0.05) is 17.4 Å². The first kappa shape index (κ1) is 12.9. The van der Waals surface area contributed by atoms with Crippen LogP contribution in [-0.2, 0) is 14.3 Å². The van der Waals surface area contributed by atoms with Crippen molar-refractivity contribution < 1.29 is 19.4 Å². The van der Waals surface area contributed by atoms with Gasteiger partial charge in [0.25, 0.3) is 0 Å². The molecule has 4 heteroatoms.